The molecule has 1 N–H and O–H groups in total. The van der Waals surface area contributed by atoms with Gasteiger partial charge in [0.1, 0.15) is 11.5 Å². The van der Waals surface area contributed by atoms with Crippen LogP contribution in [0.2, 0.25) is 0 Å². The van der Waals surface area contributed by atoms with E-state index in [4.69, 9.17) is 4.74 Å². The molecule has 0 fully saturated rings. The minimum Gasteiger partial charge on any atom is -0.457 e. The van der Waals surface area contributed by atoms with E-state index in [1.807, 2.05) is 18.2 Å². The van der Waals surface area contributed by atoms with Gasteiger partial charge in [-0.15, -0.1) is 0 Å². The summed E-state index contributed by atoms with van der Waals surface area (Å²) >= 11 is 0. The Hall–Kier alpha value is -3.16. The number of aryl methyl sites for hydroxylation is 1. The highest BCUT2D eigenvalue weighted by molar-refractivity contribution is 7.89. The molecule has 0 unspecified atom stereocenters. The lowest BCUT2D eigenvalue weighted by molar-refractivity contribution is 0.102. The van der Waals surface area contributed by atoms with E-state index < -0.39 is 10.0 Å². The predicted octanol–water partition coefficient (Wildman–Crippen LogP) is 4.29. The van der Waals surface area contributed by atoms with Crippen molar-refractivity contribution in [1.82, 2.24) is 4.31 Å². The maximum absolute atomic E-state index is 12.9. The van der Waals surface area contributed by atoms with Crippen molar-refractivity contribution in [2.24, 2.45) is 0 Å². The largest absolute Gasteiger partial charge is 0.457 e. The average molecular weight is 410 g/mol. The van der Waals surface area contributed by atoms with E-state index in [0.717, 1.165) is 9.87 Å². The van der Waals surface area contributed by atoms with Crippen molar-refractivity contribution in [2.45, 2.75) is 11.8 Å². The van der Waals surface area contributed by atoms with Crippen LogP contribution in [0.5, 0.6) is 11.5 Å². The standard InChI is InChI=1S/C22H22N2O4S/c1-16-13-14-18(29(26,27)24(2)3)15-20(16)23-22(25)19-11-7-8-12-21(19)28-17-9-5-4-6-10-17/h4-15H,1-3H3,(H,23,25). The second kappa shape index (κ2) is 8.46. The summed E-state index contributed by atoms with van der Waals surface area (Å²) in [6.07, 6.45) is 0. The summed E-state index contributed by atoms with van der Waals surface area (Å²) in [6.45, 7) is 1.80. The zero-order valence-corrected chi connectivity index (χ0v) is 17.2. The van der Waals surface area contributed by atoms with Gasteiger partial charge in [0.2, 0.25) is 10.0 Å². The Morgan fingerprint density at radius 3 is 2.28 bits per heavy atom. The van der Waals surface area contributed by atoms with Crippen LogP contribution in [-0.4, -0.2) is 32.7 Å². The van der Waals surface area contributed by atoms with Crippen LogP contribution in [0.25, 0.3) is 0 Å². The van der Waals surface area contributed by atoms with Crippen LogP contribution in [0, 0.1) is 6.92 Å². The molecule has 0 atom stereocenters. The molecule has 150 valence electrons. The number of carbonyl (C=O) groups is 1. The summed E-state index contributed by atoms with van der Waals surface area (Å²) < 4.78 is 31.8. The first-order chi connectivity index (χ1) is 13.8. The summed E-state index contributed by atoms with van der Waals surface area (Å²) in [5.74, 6) is 0.632. The molecule has 0 radical (unpaired) electrons. The van der Waals surface area contributed by atoms with E-state index >= 15 is 0 Å². The van der Waals surface area contributed by atoms with Crippen molar-refractivity contribution < 1.29 is 17.9 Å². The van der Waals surface area contributed by atoms with Gasteiger partial charge < -0.3 is 10.1 Å². The van der Waals surface area contributed by atoms with E-state index in [0.29, 0.717) is 22.7 Å². The van der Waals surface area contributed by atoms with Gasteiger partial charge in [-0.05, 0) is 48.9 Å². The van der Waals surface area contributed by atoms with Gasteiger partial charge >= 0.3 is 0 Å². The number of sulfonamides is 1. The fourth-order valence-electron chi connectivity index (χ4n) is 2.66. The van der Waals surface area contributed by atoms with Crippen molar-refractivity contribution in [1.29, 1.82) is 0 Å². The number of hydrogen-bond acceptors (Lipinski definition) is 4. The first kappa shape index (κ1) is 20.6. The fourth-order valence-corrected chi connectivity index (χ4v) is 3.58. The molecule has 1 amide bonds. The zero-order chi connectivity index (χ0) is 21.0. The summed E-state index contributed by atoms with van der Waals surface area (Å²) in [5.41, 5.74) is 1.52. The Morgan fingerprint density at radius 2 is 1.59 bits per heavy atom. The van der Waals surface area contributed by atoms with Crippen LogP contribution in [0.1, 0.15) is 15.9 Å². The number of para-hydroxylation sites is 2. The number of benzene rings is 3. The molecule has 0 aliphatic rings. The highest BCUT2D eigenvalue weighted by Crippen LogP contribution is 2.27. The van der Waals surface area contributed by atoms with E-state index in [2.05, 4.69) is 5.32 Å². The summed E-state index contributed by atoms with van der Waals surface area (Å²) in [4.78, 5) is 13.0. The quantitative estimate of drug-likeness (QED) is 0.658. The van der Waals surface area contributed by atoms with Gasteiger partial charge in [0.15, 0.2) is 0 Å². The van der Waals surface area contributed by atoms with Crippen LogP contribution in [-0.2, 0) is 10.0 Å². The highest BCUT2D eigenvalue weighted by atomic mass is 32.2. The molecule has 0 bridgehead atoms. The van der Waals surface area contributed by atoms with Gasteiger partial charge in [0, 0.05) is 19.8 Å². The average Bonchev–Trinajstić information content (AvgIpc) is 2.70. The van der Waals surface area contributed by atoms with Gasteiger partial charge in [0.25, 0.3) is 5.91 Å². The molecule has 0 aromatic heterocycles. The lowest BCUT2D eigenvalue weighted by Gasteiger charge is -2.15. The predicted molar refractivity (Wildman–Crippen MR) is 113 cm³/mol. The Bertz CT molecular complexity index is 1130. The number of ether oxygens (including phenoxy) is 1. The Kier molecular flexibility index (Phi) is 6.00. The minimum atomic E-state index is -3.61. The van der Waals surface area contributed by atoms with Gasteiger partial charge in [-0.3, -0.25) is 4.79 Å². The van der Waals surface area contributed by atoms with Crippen LogP contribution in [0.4, 0.5) is 5.69 Å². The third-order valence-corrected chi connectivity index (χ3v) is 6.15. The second-order valence-electron chi connectivity index (χ2n) is 6.63. The lowest BCUT2D eigenvalue weighted by Crippen LogP contribution is -2.22. The van der Waals surface area contributed by atoms with E-state index in [9.17, 15) is 13.2 Å². The van der Waals surface area contributed by atoms with Gasteiger partial charge in [-0.25, -0.2) is 12.7 Å². The van der Waals surface area contributed by atoms with Crippen LogP contribution in [0.15, 0.2) is 77.7 Å². The molecule has 0 saturated heterocycles. The number of anilines is 1. The van der Waals surface area contributed by atoms with Gasteiger partial charge in [-0.1, -0.05) is 36.4 Å². The van der Waals surface area contributed by atoms with Crippen LogP contribution < -0.4 is 10.1 Å². The molecule has 0 heterocycles. The molecule has 7 heteroatoms. The van der Waals surface area contributed by atoms with Crippen molar-refractivity contribution in [3.63, 3.8) is 0 Å². The number of nitrogens with zero attached hydrogens (tertiary/aromatic N) is 1. The Morgan fingerprint density at radius 1 is 0.931 bits per heavy atom. The topological polar surface area (TPSA) is 75.7 Å². The lowest BCUT2D eigenvalue weighted by atomic mass is 10.1. The van der Waals surface area contributed by atoms with Crippen LogP contribution >= 0.6 is 0 Å². The molecule has 3 rings (SSSR count). The van der Waals surface area contributed by atoms with Crippen molar-refractivity contribution in [2.75, 3.05) is 19.4 Å². The van der Waals surface area contributed by atoms with E-state index in [1.165, 1.54) is 26.2 Å². The Balaban J connectivity index is 1.90. The van der Waals surface area contributed by atoms with Gasteiger partial charge in [0.05, 0.1) is 10.5 Å². The SMILES string of the molecule is Cc1ccc(S(=O)(=O)N(C)C)cc1NC(=O)c1ccccc1Oc1ccccc1. The van der Waals surface area contributed by atoms with E-state index in [-0.39, 0.29) is 10.8 Å². The number of nitrogens with one attached hydrogen (secondary N) is 1. The zero-order valence-electron chi connectivity index (χ0n) is 16.4. The molecule has 6 nitrogen and oxygen atoms in total. The first-order valence-electron chi connectivity index (χ1n) is 8.95. The molecular formula is C22H22N2O4S. The molecule has 0 aliphatic heterocycles. The van der Waals surface area contributed by atoms with Crippen molar-refractivity contribution in [3.8, 4) is 11.5 Å². The molecule has 3 aromatic rings. The molecule has 0 spiro atoms. The molecule has 29 heavy (non-hydrogen) atoms. The normalized spacial score (nSPS) is 11.3. The first-order valence-corrected chi connectivity index (χ1v) is 10.4. The number of amides is 1. The van der Waals surface area contributed by atoms with E-state index in [1.54, 1.807) is 49.4 Å². The molecule has 0 aliphatic carbocycles. The van der Waals surface area contributed by atoms with Crippen molar-refractivity contribution in [3.05, 3.63) is 83.9 Å². The summed E-state index contributed by atoms with van der Waals surface area (Å²) in [7, 11) is -0.682. The number of hydrogen-bond donors (Lipinski definition) is 1. The summed E-state index contributed by atoms with van der Waals surface area (Å²) in [6, 6.07) is 20.7. The smallest absolute Gasteiger partial charge is 0.259 e. The second-order valence-corrected chi connectivity index (χ2v) is 8.78. The molecule has 3 aromatic carbocycles. The third-order valence-electron chi connectivity index (χ3n) is 4.34. The molecule has 0 saturated carbocycles. The number of rotatable bonds is 6. The fraction of sp³-hybridized carbons (Fsp3) is 0.136. The van der Waals surface area contributed by atoms with Crippen LogP contribution in [0.3, 0.4) is 0 Å². The monoisotopic (exact) mass is 410 g/mol. The Labute approximate surface area is 170 Å². The maximum atomic E-state index is 12.9. The highest BCUT2D eigenvalue weighted by Gasteiger charge is 2.20. The van der Waals surface area contributed by atoms with Gasteiger partial charge in [-0.2, -0.15) is 0 Å². The number of carbonyl (C=O) groups excluding carboxylic acids is 1. The third kappa shape index (κ3) is 4.64. The maximum Gasteiger partial charge on any atom is 0.259 e. The minimum absolute atomic E-state index is 0.109. The molecular weight excluding hydrogens is 388 g/mol. The van der Waals surface area contributed by atoms with Crippen molar-refractivity contribution >= 4 is 21.6 Å². The summed E-state index contributed by atoms with van der Waals surface area (Å²) in [5, 5.41) is 2.80.